The highest BCUT2D eigenvalue weighted by Crippen LogP contribution is 2.29. The maximum absolute atomic E-state index is 12.6. The fraction of sp³-hybridized carbons (Fsp3) is 0.571. The third-order valence-electron chi connectivity index (χ3n) is 3.79. The van der Waals surface area contributed by atoms with Gasteiger partial charge in [0.05, 0.1) is 17.6 Å². The lowest BCUT2D eigenvalue weighted by molar-refractivity contribution is 0.107. The minimum Gasteiger partial charge on any atom is -0.392 e. The first-order chi connectivity index (χ1) is 9.87. The van der Waals surface area contributed by atoms with Crippen molar-refractivity contribution in [3.05, 3.63) is 27.7 Å². The van der Waals surface area contributed by atoms with E-state index in [-0.39, 0.29) is 23.6 Å². The lowest BCUT2D eigenvalue weighted by Gasteiger charge is -2.16. The molecule has 118 valence electrons. The van der Waals surface area contributed by atoms with Crippen LogP contribution in [0.4, 0.5) is 0 Å². The van der Waals surface area contributed by atoms with E-state index in [2.05, 4.69) is 20.7 Å². The van der Waals surface area contributed by atoms with Crippen molar-refractivity contribution in [1.29, 1.82) is 0 Å². The lowest BCUT2D eigenvalue weighted by atomic mass is 10.1. The minimum absolute atomic E-state index is 0.107. The predicted molar refractivity (Wildman–Crippen MR) is 83.6 cm³/mol. The van der Waals surface area contributed by atoms with Crippen LogP contribution in [0.25, 0.3) is 0 Å². The molecule has 5 nitrogen and oxygen atoms in total. The Morgan fingerprint density at radius 1 is 1.43 bits per heavy atom. The number of aliphatic hydroxyl groups excluding tert-OH is 1. The normalized spacial score (nSPS) is 22.7. The highest BCUT2D eigenvalue weighted by atomic mass is 79.9. The molecule has 0 aromatic heterocycles. The van der Waals surface area contributed by atoms with Crippen LogP contribution in [0.2, 0.25) is 0 Å². The number of rotatable bonds is 5. The van der Waals surface area contributed by atoms with Gasteiger partial charge in [0.1, 0.15) is 0 Å². The maximum atomic E-state index is 12.6. The number of nitrogens with one attached hydrogen (secondary N) is 1. The molecule has 1 aliphatic carbocycles. The van der Waals surface area contributed by atoms with Crippen molar-refractivity contribution >= 4 is 26.0 Å². The minimum atomic E-state index is -3.62. The second-order valence-corrected chi connectivity index (χ2v) is 7.85. The summed E-state index contributed by atoms with van der Waals surface area (Å²) in [5.74, 6) is 0. The van der Waals surface area contributed by atoms with Crippen molar-refractivity contribution in [2.75, 3.05) is 7.11 Å². The van der Waals surface area contributed by atoms with Crippen molar-refractivity contribution in [3.8, 4) is 0 Å². The van der Waals surface area contributed by atoms with Crippen molar-refractivity contribution in [2.45, 2.75) is 49.8 Å². The molecule has 0 bridgehead atoms. The van der Waals surface area contributed by atoms with E-state index in [1.807, 2.05) is 0 Å². The van der Waals surface area contributed by atoms with Gasteiger partial charge in [-0.3, -0.25) is 0 Å². The number of ether oxygens (including phenoxy) is 1. The summed E-state index contributed by atoms with van der Waals surface area (Å²) in [4.78, 5) is 0.174. The summed E-state index contributed by atoms with van der Waals surface area (Å²) in [6.07, 6.45) is 2.44. The van der Waals surface area contributed by atoms with E-state index in [0.29, 0.717) is 16.5 Å². The molecule has 1 aliphatic rings. The van der Waals surface area contributed by atoms with Crippen LogP contribution in [0.3, 0.4) is 0 Å². The Morgan fingerprint density at radius 3 is 2.71 bits per heavy atom. The van der Waals surface area contributed by atoms with Crippen LogP contribution in [0, 0.1) is 6.92 Å². The number of hydrogen-bond acceptors (Lipinski definition) is 4. The number of aryl methyl sites for hydroxylation is 1. The fourth-order valence-corrected chi connectivity index (χ4v) is 4.99. The van der Waals surface area contributed by atoms with Crippen molar-refractivity contribution < 1.29 is 18.3 Å². The molecule has 1 saturated carbocycles. The predicted octanol–water partition coefficient (Wildman–Crippen LogP) is 2.10. The molecule has 2 unspecified atom stereocenters. The summed E-state index contributed by atoms with van der Waals surface area (Å²) in [6.45, 7) is 1.62. The van der Waals surface area contributed by atoms with Crippen LogP contribution in [-0.2, 0) is 21.4 Å². The smallest absolute Gasteiger partial charge is 0.241 e. The van der Waals surface area contributed by atoms with E-state index >= 15 is 0 Å². The average molecular weight is 378 g/mol. The summed E-state index contributed by atoms with van der Waals surface area (Å²) in [6, 6.07) is 3.16. The molecule has 0 spiro atoms. The zero-order chi connectivity index (χ0) is 15.6. The largest absolute Gasteiger partial charge is 0.392 e. The monoisotopic (exact) mass is 377 g/mol. The Balaban J connectivity index is 2.26. The Hall–Kier alpha value is -0.470. The molecule has 2 atom stereocenters. The van der Waals surface area contributed by atoms with E-state index in [1.54, 1.807) is 20.1 Å². The number of methoxy groups -OCH3 is 1. The summed E-state index contributed by atoms with van der Waals surface area (Å²) >= 11 is 3.33. The average Bonchev–Trinajstić information content (AvgIpc) is 2.88. The van der Waals surface area contributed by atoms with Gasteiger partial charge in [-0.25, -0.2) is 13.1 Å². The molecule has 1 fully saturated rings. The highest BCUT2D eigenvalue weighted by molar-refractivity contribution is 9.10. The first-order valence-electron chi connectivity index (χ1n) is 6.82. The van der Waals surface area contributed by atoms with Gasteiger partial charge >= 0.3 is 0 Å². The van der Waals surface area contributed by atoms with Gasteiger partial charge in [0.15, 0.2) is 0 Å². The van der Waals surface area contributed by atoms with Gasteiger partial charge in [-0.05, 0) is 59.3 Å². The number of hydrogen-bond donors (Lipinski definition) is 2. The summed E-state index contributed by atoms with van der Waals surface area (Å²) < 4.78 is 33.7. The van der Waals surface area contributed by atoms with Gasteiger partial charge in [0.2, 0.25) is 10.0 Å². The van der Waals surface area contributed by atoms with Gasteiger partial charge in [-0.15, -0.1) is 0 Å². The second kappa shape index (κ2) is 6.75. The Morgan fingerprint density at radius 2 is 2.14 bits per heavy atom. The Labute approximate surface area is 133 Å². The number of halogens is 1. The molecular formula is C14H20BrNO4S. The Bertz CT molecular complexity index is 618. The SMILES string of the molecule is COC1CCC(NS(=O)(=O)c2cc(CO)cc(C)c2Br)C1. The van der Waals surface area contributed by atoms with E-state index < -0.39 is 10.0 Å². The molecule has 0 amide bonds. The third kappa shape index (κ3) is 3.84. The maximum Gasteiger partial charge on any atom is 0.241 e. The quantitative estimate of drug-likeness (QED) is 0.823. The standard InChI is InChI=1S/C14H20BrNO4S/c1-9-5-10(8-17)6-13(14(9)15)21(18,19)16-11-3-4-12(7-11)20-2/h5-6,11-12,16-17H,3-4,7-8H2,1-2H3. The van der Waals surface area contributed by atoms with Crippen LogP contribution in [0.1, 0.15) is 30.4 Å². The van der Waals surface area contributed by atoms with Crippen LogP contribution in [0.5, 0.6) is 0 Å². The first-order valence-corrected chi connectivity index (χ1v) is 9.10. The zero-order valence-electron chi connectivity index (χ0n) is 12.1. The number of sulfonamides is 1. The van der Waals surface area contributed by atoms with Crippen LogP contribution >= 0.6 is 15.9 Å². The number of benzene rings is 1. The Kier molecular flexibility index (Phi) is 5.43. The summed E-state index contributed by atoms with van der Waals surface area (Å²) in [5, 5.41) is 9.25. The molecule has 1 aromatic carbocycles. The molecule has 7 heteroatoms. The molecule has 21 heavy (non-hydrogen) atoms. The fourth-order valence-electron chi connectivity index (χ4n) is 2.64. The molecule has 2 N–H and O–H groups in total. The molecule has 0 radical (unpaired) electrons. The summed E-state index contributed by atoms with van der Waals surface area (Å²) in [7, 11) is -1.98. The van der Waals surface area contributed by atoms with Gasteiger partial charge in [-0.1, -0.05) is 6.07 Å². The highest BCUT2D eigenvalue weighted by Gasteiger charge is 2.30. The van der Waals surface area contributed by atoms with Gasteiger partial charge < -0.3 is 9.84 Å². The van der Waals surface area contributed by atoms with Crippen LogP contribution in [0.15, 0.2) is 21.5 Å². The first kappa shape index (κ1) is 16.9. The molecule has 0 saturated heterocycles. The van der Waals surface area contributed by atoms with E-state index in [9.17, 15) is 13.5 Å². The molecule has 1 aromatic rings. The molecule has 2 rings (SSSR count). The summed E-state index contributed by atoms with van der Waals surface area (Å²) in [5.41, 5.74) is 1.36. The molecular weight excluding hydrogens is 358 g/mol. The van der Waals surface area contributed by atoms with Gasteiger partial charge in [0, 0.05) is 17.6 Å². The van der Waals surface area contributed by atoms with E-state index in [0.717, 1.165) is 18.4 Å². The second-order valence-electron chi connectivity index (χ2n) is 5.37. The molecule has 0 aliphatic heterocycles. The molecule has 0 heterocycles. The number of aliphatic hydroxyl groups is 1. The third-order valence-corrected chi connectivity index (χ3v) is 6.65. The van der Waals surface area contributed by atoms with E-state index in [1.165, 1.54) is 6.07 Å². The van der Waals surface area contributed by atoms with E-state index in [4.69, 9.17) is 4.74 Å². The van der Waals surface area contributed by atoms with Gasteiger partial charge in [0.25, 0.3) is 0 Å². The zero-order valence-corrected chi connectivity index (χ0v) is 14.5. The van der Waals surface area contributed by atoms with Crippen molar-refractivity contribution in [2.24, 2.45) is 0 Å². The lowest BCUT2D eigenvalue weighted by Crippen LogP contribution is -2.33. The van der Waals surface area contributed by atoms with Crippen LogP contribution < -0.4 is 4.72 Å². The van der Waals surface area contributed by atoms with Gasteiger partial charge in [-0.2, -0.15) is 0 Å². The topological polar surface area (TPSA) is 75.6 Å². The van der Waals surface area contributed by atoms with Crippen LogP contribution in [-0.4, -0.2) is 32.8 Å². The van der Waals surface area contributed by atoms with Crippen molar-refractivity contribution in [1.82, 2.24) is 4.72 Å². The van der Waals surface area contributed by atoms with Crippen molar-refractivity contribution in [3.63, 3.8) is 0 Å².